The van der Waals surface area contributed by atoms with Crippen molar-refractivity contribution in [3.8, 4) is 5.75 Å². The van der Waals surface area contributed by atoms with Crippen LogP contribution in [0.2, 0.25) is 0 Å². The highest BCUT2D eigenvalue weighted by atomic mass is 19.4. The number of aryl methyl sites for hydroxylation is 1. The maximum atomic E-state index is 13.6. The lowest BCUT2D eigenvalue weighted by atomic mass is 10.0. The molecule has 0 amide bonds. The maximum absolute atomic E-state index is 13.6. The van der Waals surface area contributed by atoms with E-state index in [1.165, 1.54) is 61.5 Å². The van der Waals surface area contributed by atoms with E-state index in [0.29, 0.717) is 0 Å². The predicted octanol–water partition coefficient (Wildman–Crippen LogP) is 6.53. The molecule has 0 heterocycles. The number of ketones is 1. The fraction of sp³-hybridized carbons (Fsp3) is 0.269. The second kappa shape index (κ2) is 11.4. The van der Waals surface area contributed by atoms with Crippen LogP contribution in [0.15, 0.2) is 66.7 Å². The van der Waals surface area contributed by atoms with E-state index in [-0.39, 0.29) is 27.9 Å². The molecule has 0 aliphatic heterocycles. The van der Waals surface area contributed by atoms with Crippen LogP contribution in [-0.4, -0.2) is 42.2 Å². The number of rotatable bonds is 10. The summed E-state index contributed by atoms with van der Waals surface area (Å²) in [6.45, 7) is -0.230. The van der Waals surface area contributed by atoms with E-state index in [0.717, 1.165) is 17.0 Å². The minimum absolute atomic E-state index is 0.00813. The molecule has 0 saturated carbocycles. The third-order valence-electron chi connectivity index (χ3n) is 5.50. The molecule has 1 atom stereocenters. The van der Waals surface area contributed by atoms with E-state index in [1.54, 1.807) is 0 Å². The summed E-state index contributed by atoms with van der Waals surface area (Å²) in [4.78, 5) is 13.9. The Morgan fingerprint density at radius 1 is 0.947 bits per heavy atom. The minimum Gasteiger partial charge on any atom is -0.428 e. The van der Waals surface area contributed by atoms with Gasteiger partial charge >= 0.3 is 18.7 Å². The van der Waals surface area contributed by atoms with Gasteiger partial charge in [-0.2, -0.15) is 30.7 Å². The van der Waals surface area contributed by atoms with Gasteiger partial charge in [0, 0.05) is 28.9 Å². The van der Waals surface area contributed by atoms with Crippen molar-refractivity contribution >= 4 is 11.5 Å². The number of anilines is 1. The van der Waals surface area contributed by atoms with Crippen molar-refractivity contribution in [1.29, 1.82) is 0 Å². The molecule has 1 unspecified atom stereocenters. The van der Waals surface area contributed by atoms with Gasteiger partial charge in [-0.15, -0.1) is 0 Å². The summed E-state index contributed by atoms with van der Waals surface area (Å²) in [7, 11) is 0. The van der Waals surface area contributed by atoms with Crippen LogP contribution in [0.4, 0.5) is 40.8 Å². The normalized spacial score (nSPS) is 12.9. The molecule has 0 spiro atoms. The third kappa shape index (κ3) is 7.00. The van der Waals surface area contributed by atoms with Crippen molar-refractivity contribution in [3.63, 3.8) is 0 Å². The Morgan fingerprint density at radius 2 is 1.61 bits per heavy atom. The first kappa shape index (κ1) is 28.9. The average Bonchev–Trinajstić information content (AvgIpc) is 2.85. The van der Waals surface area contributed by atoms with E-state index in [1.807, 2.05) is 0 Å². The van der Waals surface area contributed by atoms with Gasteiger partial charge in [0.15, 0.2) is 11.9 Å². The summed E-state index contributed by atoms with van der Waals surface area (Å²) >= 11 is 0. The Balaban J connectivity index is 1.99. The Bertz CT molecular complexity index is 1280. The van der Waals surface area contributed by atoms with Crippen LogP contribution in [0.25, 0.3) is 0 Å². The highest BCUT2D eigenvalue weighted by molar-refractivity contribution is 6.09. The predicted molar refractivity (Wildman–Crippen MR) is 122 cm³/mol. The minimum atomic E-state index is -5.05. The monoisotopic (exact) mass is 547 g/mol. The standard InChI is InChI=1S/C26H21F8NO3/c1-15-11-17(9-10-20(15)27)23(37)16-6-4-7-19(12-16)35(14-22(36)25(30,31)32)13-18-5-2-3-8-21(18)38-26(33,34)24(28)29/h2-12,22,24,36H,13-14H2,1H3. The number of halogens is 8. The highest BCUT2D eigenvalue weighted by Gasteiger charge is 2.44. The quantitative estimate of drug-likeness (QED) is 0.232. The number of para-hydroxylation sites is 1. The van der Waals surface area contributed by atoms with Gasteiger partial charge in [0.1, 0.15) is 11.6 Å². The van der Waals surface area contributed by atoms with Crippen molar-refractivity contribution in [2.75, 3.05) is 11.4 Å². The second-order valence-corrected chi connectivity index (χ2v) is 8.35. The summed E-state index contributed by atoms with van der Waals surface area (Å²) in [5.41, 5.74) is 0.102. The summed E-state index contributed by atoms with van der Waals surface area (Å²) < 4.78 is 110. The number of hydrogen-bond donors (Lipinski definition) is 1. The molecule has 0 saturated heterocycles. The number of carbonyl (C=O) groups is 1. The molecule has 3 aromatic rings. The smallest absolute Gasteiger partial charge is 0.428 e. The molecule has 4 nitrogen and oxygen atoms in total. The Labute approximate surface area is 212 Å². The zero-order valence-corrected chi connectivity index (χ0v) is 19.7. The summed E-state index contributed by atoms with van der Waals surface area (Å²) in [5.74, 6) is -1.83. The Morgan fingerprint density at radius 3 is 2.24 bits per heavy atom. The summed E-state index contributed by atoms with van der Waals surface area (Å²) in [6, 6.07) is 13.5. The molecule has 38 heavy (non-hydrogen) atoms. The van der Waals surface area contributed by atoms with Gasteiger partial charge in [-0.3, -0.25) is 4.79 Å². The average molecular weight is 547 g/mol. The molecular weight excluding hydrogens is 526 g/mol. The molecule has 0 aliphatic rings. The van der Waals surface area contributed by atoms with Gasteiger partial charge in [-0.1, -0.05) is 30.3 Å². The Hall–Kier alpha value is -3.67. The molecule has 0 aromatic heterocycles. The largest absolute Gasteiger partial charge is 0.461 e. The first-order valence-corrected chi connectivity index (χ1v) is 11.0. The van der Waals surface area contributed by atoms with E-state index >= 15 is 0 Å². The molecule has 3 rings (SSSR count). The van der Waals surface area contributed by atoms with E-state index in [4.69, 9.17) is 0 Å². The van der Waals surface area contributed by atoms with Crippen molar-refractivity contribution < 1.29 is 49.8 Å². The van der Waals surface area contributed by atoms with Gasteiger partial charge in [-0.25, -0.2) is 4.39 Å². The first-order chi connectivity index (χ1) is 17.7. The van der Waals surface area contributed by atoms with E-state index in [2.05, 4.69) is 4.74 Å². The van der Waals surface area contributed by atoms with Crippen molar-refractivity contribution in [3.05, 3.63) is 94.8 Å². The number of nitrogens with zero attached hydrogens (tertiary/aromatic N) is 1. The molecule has 0 fully saturated rings. The molecule has 3 aromatic carbocycles. The molecule has 0 radical (unpaired) electrons. The number of ether oxygens (including phenoxy) is 1. The maximum Gasteiger partial charge on any atom is 0.461 e. The van der Waals surface area contributed by atoms with Crippen LogP contribution < -0.4 is 9.64 Å². The summed E-state index contributed by atoms with van der Waals surface area (Å²) in [5, 5.41) is 9.72. The van der Waals surface area contributed by atoms with Crippen molar-refractivity contribution in [2.24, 2.45) is 0 Å². The van der Waals surface area contributed by atoms with Gasteiger partial charge in [0.25, 0.3) is 0 Å². The van der Waals surface area contributed by atoms with Crippen LogP contribution in [0.3, 0.4) is 0 Å². The number of hydrogen-bond acceptors (Lipinski definition) is 4. The molecule has 0 aliphatic carbocycles. The number of aliphatic hydroxyl groups excluding tert-OH is 1. The summed E-state index contributed by atoms with van der Waals surface area (Å²) in [6.07, 6.45) is -17.0. The van der Waals surface area contributed by atoms with Crippen LogP contribution in [-0.2, 0) is 6.54 Å². The number of carbonyl (C=O) groups excluding carboxylic acids is 1. The lowest BCUT2D eigenvalue weighted by Gasteiger charge is -2.29. The fourth-order valence-corrected chi connectivity index (χ4v) is 3.50. The second-order valence-electron chi connectivity index (χ2n) is 8.35. The Kier molecular flexibility index (Phi) is 8.65. The zero-order chi connectivity index (χ0) is 28.3. The molecule has 12 heteroatoms. The number of alkyl halides is 7. The van der Waals surface area contributed by atoms with Gasteiger partial charge in [0.05, 0.1) is 6.54 Å². The fourth-order valence-electron chi connectivity index (χ4n) is 3.50. The van der Waals surface area contributed by atoms with Crippen LogP contribution in [0.5, 0.6) is 5.75 Å². The van der Waals surface area contributed by atoms with Crippen LogP contribution in [0.1, 0.15) is 27.0 Å². The van der Waals surface area contributed by atoms with E-state index in [9.17, 15) is 45.0 Å². The third-order valence-corrected chi connectivity index (χ3v) is 5.50. The van der Waals surface area contributed by atoms with Gasteiger partial charge < -0.3 is 14.7 Å². The van der Waals surface area contributed by atoms with Gasteiger partial charge in [0.2, 0.25) is 0 Å². The SMILES string of the molecule is Cc1cc(C(=O)c2cccc(N(Cc3ccccc3OC(F)(F)C(F)F)CC(O)C(F)(F)F)c2)ccc1F. The van der Waals surface area contributed by atoms with Crippen molar-refractivity contribution in [2.45, 2.75) is 38.3 Å². The zero-order valence-electron chi connectivity index (χ0n) is 19.7. The van der Waals surface area contributed by atoms with E-state index < -0.39 is 55.3 Å². The molecule has 0 bridgehead atoms. The molecule has 204 valence electrons. The number of benzene rings is 3. The lowest BCUT2D eigenvalue weighted by molar-refractivity contribution is -0.253. The topological polar surface area (TPSA) is 49.8 Å². The highest BCUT2D eigenvalue weighted by Crippen LogP contribution is 2.32. The molecule has 1 N–H and O–H groups in total. The van der Waals surface area contributed by atoms with Crippen molar-refractivity contribution in [1.82, 2.24) is 0 Å². The lowest BCUT2D eigenvalue weighted by Crippen LogP contribution is -2.41. The van der Waals surface area contributed by atoms with Crippen LogP contribution >= 0.6 is 0 Å². The van der Waals surface area contributed by atoms with Gasteiger partial charge in [-0.05, 0) is 48.9 Å². The first-order valence-electron chi connectivity index (χ1n) is 11.0. The van der Waals surface area contributed by atoms with Crippen LogP contribution in [0, 0.1) is 12.7 Å². The number of aliphatic hydroxyl groups is 1. The molecular formula is C26H21F8NO3.